The summed E-state index contributed by atoms with van der Waals surface area (Å²) in [7, 11) is 0. The van der Waals surface area contributed by atoms with Crippen molar-refractivity contribution in [3.8, 4) is 0 Å². The Balaban J connectivity index is 1.55. The second-order valence-corrected chi connectivity index (χ2v) is 7.67. The molecule has 3 heterocycles. The van der Waals surface area contributed by atoms with Gasteiger partial charge in [-0.05, 0) is 24.5 Å². The molecule has 2 N–H and O–H groups in total. The lowest BCUT2D eigenvalue weighted by Crippen LogP contribution is -2.61. The van der Waals surface area contributed by atoms with E-state index in [9.17, 15) is 14.4 Å². The van der Waals surface area contributed by atoms with E-state index in [0.29, 0.717) is 17.8 Å². The molecule has 0 saturated carbocycles. The smallest absolute Gasteiger partial charge is 0.246 e. The van der Waals surface area contributed by atoms with E-state index in [1.165, 1.54) is 0 Å². The van der Waals surface area contributed by atoms with Gasteiger partial charge < -0.3 is 15.2 Å². The van der Waals surface area contributed by atoms with Crippen LogP contribution in [0.4, 0.5) is 0 Å². The number of hydrogen-bond donors (Lipinski definition) is 2. The largest absolute Gasteiger partial charge is 0.352 e. The summed E-state index contributed by atoms with van der Waals surface area (Å²) in [5.41, 5.74) is 2.67. The number of aromatic nitrogens is 1. The average Bonchev–Trinajstić information content (AvgIpc) is 3.38. The summed E-state index contributed by atoms with van der Waals surface area (Å²) in [5.74, 6) is -0.274. The molecule has 2 atom stereocenters. The van der Waals surface area contributed by atoms with E-state index in [2.05, 4.69) is 10.3 Å². The second kappa shape index (κ2) is 6.88. The van der Waals surface area contributed by atoms with Crippen LogP contribution in [0.3, 0.4) is 0 Å². The molecule has 6 heteroatoms. The zero-order chi connectivity index (χ0) is 20.0. The Morgan fingerprint density at radius 3 is 2.62 bits per heavy atom. The van der Waals surface area contributed by atoms with Crippen LogP contribution >= 0.6 is 0 Å². The number of ketones is 1. The molecular formula is C23H21N3O3. The fourth-order valence-electron chi connectivity index (χ4n) is 4.52. The molecule has 0 radical (unpaired) electrons. The number of hydrogen-bond acceptors (Lipinski definition) is 3. The van der Waals surface area contributed by atoms with Gasteiger partial charge in [-0.1, -0.05) is 48.5 Å². The van der Waals surface area contributed by atoms with Gasteiger partial charge in [0.2, 0.25) is 17.6 Å². The van der Waals surface area contributed by atoms with Crippen molar-refractivity contribution in [3.05, 3.63) is 71.4 Å². The molecule has 146 valence electrons. The minimum absolute atomic E-state index is 0.0597. The lowest BCUT2D eigenvalue weighted by Gasteiger charge is -2.34. The van der Waals surface area contributed by atoms with Crippen LogP contribution in [0.5, 0.6) is 0 Å². The molecule has 6 nitrogen and oxygen atoms in total. The maximum atomic E-state index is 13.2. The van der Waals surface area contributed by atoms with Crippen molar-refractivity contribution in [2.45, 2.75) is 31.3 Å². The van der Waals surface area contributed by atoms with Crippen molar-refractivity contribution >= 4 is 28.5 Å². The van der Waals surface area contributed by atoms with Gasteiger partial charge in [0.25, 0.3) is 0 Å². The predicted molar refractivity (Wildman–Crippen MR) is 109 cm³/mol. The van der Waals surface area contributed by atoms with E-state index in [1.807, 2.05) is 42.5 Å². The minimum Gasteiger partial charge on any atom is -0.352 e. The Kier molecular flexibility index (Phi) is 4.19. The van der Waals surface area contributed by atoms with Gasteiger partial charge in [-0.15, -0.1) is 0 Å². The Bertz CT molecular complexity index is 1120. The van der Waals surface area contributed by atoms with Crippen molar-refractivity contribution < 1.29 is 14.4 Å². The molecule has 0 aliphatic carbocycles. The standard InChI is InChI=1S/C23H21N3O3/c27-21(14-7-2-1-3-8-14)20-16(15-9-4-5-10-17(15)24-20)13-18-23(29)26-12-6-11-19(26)22(28)25-18/h1-5,7-10,18-19,24H,6,11-13H2,(H,25,28)/t18-,19-/m0/s1. The van der Waals surface area contributed by atoms with Crippen LogP contribution in [0, 0.1) is 0 Å². The van der Waals surface area contributed by atoms with Crippen molar-refractivity contribution in [3.63, 3.8) is 0 Å². The zero-order valence-corrected chi connectivity index (χ0v) is 15.9. The number of H-pyrrole nitrogens is 1. The monoisotopic (exact) mass is 387 g/mol. The number of amides is 2. The van der Waals surface area contributed by atoms with Crippen LogP contribution in [0.1, 0.15) is 34.5 Å². The second-order valence-electron chi connectivity index (χ2n) is 7.67. The summed E-state index contributed by atoms with van der Waals surface area (Å²) < 4.78 is 0. The molecule has 3 aromatic rings. The molecule has 29 heavy (non-hydrogen) atoms. The molecule has 2 aliphatic heterocycles. The highest BCUT2D eigenvalue weighted by Crippen LogP contribution is 2.28. The molecule has 2 aliphatic rings. The van der Waals surface area contributed by atoms with E-state index >= 15 is 0 Å². The number of nitrogens with zero attached hydrogens (tertiary/aromatic N) is 1. The maximum Gasteiger partial charge on any atom is 0.246 e. The first-order valence-electron chi connectivity index (χ1n) is 9.93. The average molecular weight is 387 g/mol. The number of para-hydroxylation sites is 1. The number of fused-ring (bicyclic) bond motifs is 2. The van der Waals surface area contributed by atoms with Crippen molar-refractivity contribution in [2.75, 3.05) is 6.54 Å². The highest BCUT2D eigenvalue weighted by Gasteiger charge is 2.43. The molecule has 1 aromatic heterocycles. The Hall–Kier alpha value is -3.41. The number of aromatic amines is 1. The van der Waals surface area contributed by atoms with Gasteiger partial charge in [0.05, 0.1) is 5.69 Å². The summed E-state index contributed by atoms with van der Waals surface area (Å²) in [4.78, 5) is 43.6. The molecule has 2 saturated heterocycles. The van der Waals surface area contributed by atoms with Gasteiger partial charge in [0, 0.05) is 29.4 Å². The third kappa shape index (κ3) is 2.92. The van der Waals surface area contributed by atoms with Gasteiger partial charge in [-0.2, -0.15) is 0 Å². The van der Waals surface area contributed by atoms with Crippen LogP contribution in [0.2, 0.25) is 0 Å². The Morgan fingerprint density at radius 2 is 1.79 bits per heavy atom. The Labute approximate surface area is 167 Å². The number of nitrogens with one attached hydrogen (secondary N) is 2. The van der Waals surface area contributed by atoms with E-state index < -0.39 is 6.04 Å². The summed E-state index contributed by atoms with van der Waals surface area (Å²) in [6.07, 6.45) is 1.85. The van der Waals surface area contributed by atoms with Crippen molar-refractivity contribution in [2.24, 2.45) is 0 Å². The normalized spacial score (nSPS) is 21.3. The quantitative estimate of drug-likeness (QED) is 0.675. The zero-order valence-electron chi connectivity index (χ0n) is 15.9. The molecule has 2 amide bonds. The molecule has 0 spiro atoms. The van der Waals surface area contributed by atoms with E-state index in [0.717, 1.165) is 29.3 Å². The molecule has 0 unspecified atom stereocenters. The van der Waals surface area contributed by atoms with Gasteiger partial charge in [-0.25, -0.2) is 0 Å². The first kappa shape index (κ1) is 17.7. The number of carbonyl (C=O) groups is 3. The first-order valence-corrected chi connectivity index (χ1v) is 9.93. The minimum atomic E-state index is -0.654. The lowest BCUT2D eigenvalue weighted by atomic mass is 9.96. The summed E-state index contributed by atoms with van der Waals surface area (Å²) in [6, 6.07) is 15.8. The summed E-state index contributed by atoms with van der Waals surface area (Å²) in [5, 5.41) is 3.79. The van der Waals surface area contributed by atoms with Gasteiger partial charge in [0.1, 0.15) is 12.1 Å². The topological polar surface area (TPSA) is 82.3 Å². The SMILES string of the molecule is O=C(c1ccccc1)c1[nH]c2ccccc2c1C[C@@H]1NC(=O)[C@@H]2CCCN2C1=O. The third-order valence-corrected chi connectivity index (χ3v) is 5.94. The van der Waals surface area contributed by atoms with Crippen LogP contribution in [0.15, 0.2) is 54.6 Å². The molecule has 5 rings (SSSR count). The van der Waals surface area contributed by atoms with E-state index in [-0.39, 0.29) is 30.1 Å². The van der Waals surface area contributed by atoms with Crippen molar-refractivity contribution in [1.29, 1.82) is 0 Å². The van der Waals surface area contributed by atoms with E-state index in [1.54, 1.807) is 17.0 Å². The highest BCUT2D eigenvalue weighted by molar-refractivity contribution is 6.12. The number of carbonyl (C=O) groups excluding carboxylic acids is 3. The number of benzene rings is 2. The summed E-state index contributed by atoms with van der Waals surface area (Å²) >= 11 is 0. The van der Waals surface area contributed by atoms with Crippen LogP contribution in [-0.2, 0) is 16.0 Å². The summed E-state index contributed by atoms with van der Waals surface area (Å²) in [6.45, 7) is 0.622. The van der Waals surface area contributed by atoms with Gasteiger partial charge in [0.15, 0.2) is 0 Å². The first-order chi connectivity index (χ1) is 14.1. The van der Waals surface area contributed by atoms with Gasteiger partial charge in [-0.3, -0.25) is 14.4 Å². The predicted octanol–water partition coefficient (Wildman–Crippen LogP) is 2.43. The lowest BCUT2D eigenvalue weighted by molar-refractivity contribution is -0.146. The third-order valence-electron chi connectivity index (χ3n) is 5.94. The maximum absolute atomic E-state index is 13.2. The molecule has 0 bridgehead atoms. The highest BCUT2D eigenvalue weighted by atomic mass is 16.2. The molecule has 2 aromatic carbocycles. The fourth-order valence-corrected chi connectivity index (χ4v) is 4.52. The van der Waals surface area contributed by atoms with Gasteiger partial charge >= 0.3 is 0 Å². The number of piperazine rings is 1. The van der Waals surface area contributed by atoms with E-state index in [4.69, 9.17) is 0 Å². The fraction of sp³-hybridized carbons (Fsp3) is 0.261. The van der Waals surface area contributed by atoms with Crippen LogP contribution < -0.4 is 5.32 Å². The number of rotatable bonds is 4. The van der Waals surface area contributed by atoms with Crippen molar-refractivity contribution in [1.82, 2.24) is 15.2 Å². The Morgan fingerprint density at radius 1 is 1.03 bits per heavy atom. The van der Waals surface area contributed by atoms with Crippen LogP contribution in [0.25, 0.3) is 10.9 Å². The van der Waals surface area contributed by atoms with Crippen LogP contribution in [-0.4, -0.2) is 46.1 Å². The molecular weight excluding hydrogens is 366 g/mol. The molecule has 2 fully saturated rings.